The second-order valence-corrected chi connectivity index (χ2v) is 4.95. The summed E-state index contributed by atoms with van der Waals surface area (Å²) in [6, 6.07) is 11.3. The molecule has 23 heavy (non-hydrogen) atoms. The van der Waals surface area contributed by atoms with Gasteiger partial charge in [-0.05, 0) is 49.2 Å². The van der Waals surface area contributed by atoms with Gasteiger partial charge in [0.05, 0.1) is 12.3 Å². The van der Waals surface area contributed by atoms with Crippen LogP contribution in [0.4, 0.5) is 0 Å². The summed E-state index contributed by atoms with van der Waals surface area (Å²) in [7, 11) is 0. The zero-order valence-electron chi connectivity index (χ0n) is 13.5. The number of nitrogens with zero attached hydrogens (tertiary/aromatic N) is 1. The van der Waals surface area contributed by atoms with E-state index in [1.807, 2.05) is 56.3 Å². The van der Waals surface area contributed by atoms with E-state index in [1.165, 1.54) is 0 Å². The van der Waals surface area contributed by atoms with Crippen molar-refractivity contribution in [1.29, 1.82) is 0 Å². The highest BCUT2D eigenvalue weighted by Gasteiger charge is 2.10. The van der Waals surface area contributed by atoms with E-state index < -0.39 is 0 Å². The fourth-order valence-corrected chi connectivity index (χ4v) is 2.01. The molecule has 2 rings (SSSR count). The van der Waals surface area contributed by atoms with Gasteiger partial charge in [-0.15, -0.1) is 0 Å². The smallest absolute Gasteiger partial charge is 0.311 e. The highest BCUT2D eigenvalue weighted by Crippen LogP contribution is 2.29. The topological polar surface area (TPSA) is 48.4 Å². The molecule has 0 amide bonds. The van der Waals surface area contributed by atoms with Crippen LogP contribution >= 0.6 is 0 Å². The van der Waals surface area contributed by atoms with E-state index in [9.17, 15) is 4.79 Å². The first-order valence-corrected chi connectivity index (χ1v) is 7.79. The number of carbonyl (C=O) groups is 1. The van der Waals surface area contributed by atoms with Gasteiger partial charge in [0.25, 0.3) is 0 Å². The van der Waals surface area contributed by atoms with Crippen LogP contribution in [0.2, 0.25) is 0 Å². The van der Waals surface area contributed by atoms with Gasteiger partial charge in [-0.3, -0.25) is 9.78 Å². The van der Waals surface area contributed by atoms with Crippen molar-refractivity contribution in [2.24, 2.45) is 0 Å². The highest BCUT2D eigenvalue weighted by molar-refractivity contribution is 5.74. The summed E-state index contributed by atoms with van der Waals surface area (Å²) < 4.78 is 10.9. The largest absolute Gasteiger partial charge is 0.490 e. The molecule has 0 spiro atoms. The van der Waals surface area contributed by atoms with Crippen molar-refractivity contribution in [3.8, 4) is 11.5 Å². The fourth-order valence-electron chi connectivity index (χ4n) is 2.01. The molecule has 1 aromatic carbocycles. The lowest BCUT2D eigenvalue weighted by molar-refractivity contribution is -0.134. The van der Waals surface area contributed by atoms with E-state index in [4.69, 9.17) is 9.47 Å². The minimum atomic E-state index is -0.245. The first-order valence-electron chi connectivity index (χ1n) is 7.79. The zero-order chi connectivity index (χ0) is 16.5. The Morgan fingerprint density at radius 1 is 1.13 bits per heavy atom. The van der Waals surface area contributed by atoms with Gasteiger partial charge in [0.15, 0.2) is 11.5 Å². The van der Waals surface area contributed by atoms with Crippen LogP contribution in [-0.2, 0) is 4.79 Å². The van der Waals surface area contributed by atoms with Crippen molar-refractivity contribution >= 4 is 18.1 Å². The molecule has 0 bridgehead atoms. The first-order chi connectivity index (χ1) is 11.2. The molecule has 0 fully saturated rings. The van der Waals surface area contributed by atoms with Crippen molar-refractivity contribution in [2.45, 2.75) is 26.7 Å². The van der Waals surface area contributed by atoms with E-state index >= 15 is 0 Å². The molecular formula is C19H21NO3. The number of benzene rings is 1. The molecule has 0 aliphatic heterocycles. The van der Waals surface area contributed by atoms with Gasteiger partial charge >= 0.3 is 5.97 Å². The molecule has 0 saturated heterocycles. The Balaban J connectivity index is 2.18. The average molecular weight is 311 g/mol. The van der Waals surface area contributed by atoms with Crippen LogP contribution in [0.5, 0.6) is 11.5 Å². The molecule has 0 aliphatic rings. The minimum absolute atomic E-state index is 0.245. The zero-order valence-corrected chi connectivity index (χ0v) is 13.5. The van der Waals surface area contributed by atoms with Gasteiger partial charge in [0.1, 0.15) is 0 Å². The molecule has 0 aliphatic carbocycles. The Bertz CT molecular complexity index is 666. The molecule has 1 heterocycles. The number of carbonyl (C=O) groups excluding carboxylic acids is 1. The lowest BCUT2D eigenvalue weighted by Gasteiger charge is -2.11. The molecule has 4 nitrogen and oxygen atoms in total. The predicted octanol–water partition coefficient (Wildman–Crippen LogP) is 4.36. The van der Waals surface area contributed by atoms with Crippen LogP contribution in [0.3, 0.4) is 0 Å². The summed E-state index contributed by atoms with van der Waals surface area (Å²) in [4.78, 5) is 15.9. The third kappa shape index (κ3) is 5.25. The Morgan fingerprint density at radius 2 is 2.00 bits per heavy atom. The summed E-state index contributed by atoms with van der Waals surface area (Å²) in [6.45, 7) is 4.34. The highest BCUT2D eigenvalue weighted by atomic mass is 16.6. The number of esters is 1. The van der Waals surface area contributed by atoms with Crippen LogP contribution in [-0.4, -0.2) is 17.6 Å². The summed E-state index contributed by atoms with van der Waals surface area (Å²) >= 11 is 0. The number of rotatable bonds is 7. The maximum Gasteiger partial charge on any atom is 0.311 e. The van der Waals surface area contributed by atoms with Gasteiger partial charge < -0.3 is 9.47 Å². The molecular weight excluding hydrogens is 290 g/mol. The molecule has 4 heteroatoms. The van der Waals surface area contributed by atoms with Crippen LogP contribution in [0.1, 0.15) is 37.9 Å². The monoisotopic (exact) mass is 311 g/mol. The van der Waals surface area contributed by atoms with Gasteiger partial charge in [-0.2, -0.15) is 0 Å². The molecule has 0 unspecified atom stereocenters. The maximum absolute atomic E-state index is 11.7. The average Bonchev–Trinajstić information content (AvgIpc) is 2.56. The number of aromatic nitrogens is 1. The summed E-state index contributed by atoms with van der Waals surface area (Å²) in [6.07, 6.45) is 6.78. The summed E-state index contributed by atoms with van der Waals surface area (Å²) in [5.74, 6) is 0.783. The number of hydrogen-bond donors (Lipinski definition) is 0. The quantitative estimate of drug-likeness (QED) is 0.563. The van der Waals surface area contributed by atoms with Gasteiger partial charge in [-0.1, -0.05) is 25.1 Å². The molecule has 0 radical (unpaired) electrons. The number of ether oxygens (including phenoxy) is 2. The van der Waals surface area contributed by atoms with E-state index in [-0.39, 0.29) is 5.97 Å². The van der Waals surface area contributed by atoms with Crippen LogP contribution in [0, 0.1) is 0 Å². The Kier molecular flexibility index (Phi) is 6.36. The van der Waals surface area contributed by atoms with E-state index in [1.54, 1.807) is 12.3 Å². The normalized spacial score (nSPS) is 10.7. The van der Waals surface area contributed by atoms with Crippen LogP contribution in [0.15, 0.2) is 42.6 Å². The Morgan fingerprint density at radius 3 is 2.70 bits per heavy atom. The van der Waals surface area contributed by atoms with Crippen LogP contribution in [0.25, 0.3) is 12.2 Å². The molecule has 0 N–H and O–H groups in total. The molecule has 0 saturated carbocycles. The first kappa shape index (κ1) is 16.7. The van der Waals surface area contributed by atoms with Crippen molar-refractivity contribution in [1.82, 2.24) is 4.98 Å². The Labute approximate surface area is 136 Å². The third-order valence-corrected chi connectivity index (χ3v) is 3.08. The lowest BCUT2D eigenvalue weighted by atomic mass is 10.1. The SMILES string of the molecule is CCCC(=O)Oc1ccc(/C=C/c2ccccn2)cc1OCC. The number of hydrogen-bond acceptors (Lipinski definition) is 4. The van der Waals surface area contributed by atoms with Crippen molar-refractivity contribution in [3.05, 3.63) is 53.9 Å². The van der Waals surface area contributed by atoms with Crippen molar-refractivity contribution in [2.75, 3.05) is 6.61 Å². The van der Waals surface area contributed by atoms with Gasteiger partial charge in [0.2, 0.25) is 0 Å². The number of pyridine rings is 1. The summed E-state index contributed by atoms with van der Waals surface area (Å²) in [5.41, 5.74) is 1.83. The fraction of sp³-hybridized carbons (Fsp3) is 0.263. The van der Waals surface area contributed by atoms with Crippen molar-refractivity contribution < 1.29 is 14.3 Å². The molecule has 0 atom stereocenters. The lowest BCUT2D eigenvalue weighted by Crippen LogP contribution is -2.08. The second kappa shape index (κ2) is 8.73. The second-order valence-electron chi connectivity index (χ2n) is 4.95. The third-order valence-electron chi connectivity index (χ3n) is 3.08. The van der Waals surface area contributed by atoms with E-state index in [0.717, 1.165) is 17.7 Å². The van der Waals surface area contributed by atoms with E-state index in [0.29, 0.717) is 24.5 Å². The Hall–Kier alpha value is -2.62. The van der Waals surface area contributed by atoms with E-state index in [2.05, 4.69) is 4.98 Å². The molecule has 2 aromatic rings. The summed E-state index contributed by atoms with van der Waals surface area (Å²) in [5, 5.41) is 0. The minimum Gasteiger partial charge on any atom is -0.490 e. The van der Waals surface area contributed by atoms with Crippen LogP contribution < -0.4 is 9.47 Å². The van der Waals surface area contributed by atoms with Gasteiger partial charge in [0, 0.05) is 12.6 Å². The maximum atomic E-state index is 11.7. The molecule has 1 aromatic heterocycles. The van der Waals surface area contributed by atoms with Crippen molar-refractivity contribution in [3.63, 3.8) is 0 Å². The molecule has 120 valence electrons. The predicted molar refractivity (Wildman–Crippen MR) is 91.3 cm³/mol. The van der Waals surface area contributed by atoms with Gasteiger partial charge in [-0.25, -0.2) is 0 Å². The standard InChI is InChI=1S/C19H21NO3/c1-3-7-19(21)23-17-12-10-15(14-18(17)22-4-2)9-11-16-8-5-6-13-20-16/h5-6,8-14H,3-4,7H2,1-2H3/b11-9+.